The number of nitrogens with zero attached hydrogens (tertiary/aromatic N) is 1. The van der Waals surface area contributed by atoms with Gasteiger partial charge in [0.25, 0.3) is 0 Å². The Morgan fingerprint density at radius 1 is 1.17 bits per heavy atom. The summed E-state index contributed by atoms with van der Waals surface area (Å²) in [6, 6.07) is 2.25. The Kier molecular flexibility index (Phi) is 5.89. The van der Waals surface area contributed by atoms with E-state index in [1.165, 1.54) is 38.6 Å². The first-order valence-electron chi connectivity index (χ1n) is 7.52. The van der Waals surface area contributed by atoms with Crippen LogP contribution in [0.2, 0.25) is 0 Å². The molecule has 2 saturated heterocycles. The van der Waals surface area contributed by atoms with Crippen LogP contribution in [0.3, 0.4) is 0 Å². The zero-order valence-electron chi connectivity index (χ0n) is 11.6. The van der Waals surface area contributed by atoms with E-state index in [-0.39, 0.29) is 6.61 Å². The maximum absolute atomic E-state index is 8.71. The summed E-state index contributed by atoms with van der Waals surface area (Å²) in [5.41, 5.74) is 0. The summed E-state index contributed by atoms with van der Waals surface area (Å²) < 4.78 is 5.41. The lowest BCUT2D eigenvalue weighted by Gasteiger charge is -2.37. The van der Waals surface area contributed by atoms with E-state index in [9.17, 15) is 0 Å². The van der Waals surface area contributed by atoms with Crippen LogP contribution in [0, 0.1) is 0 Å². The van der Waals surface area contributed by atoms with E-state index in [1.807, 2.05) is 0 Å². The molecule has 106 valence electrons. The van der Waals surface area contributed by atoms with Crippen molar-refractivity contribution < 1.29 is 9.84 Å². The zero-order valence-corrected chi connectivity index (χ0v) is 11.6. The number of aliphatic hydroxyl groups excluding tert-OH is 1. The van der Waals surface area contributed by atoms with Gasteiger partial charge in [0.1, 0.15) is 0 Å². The molecule has 2 heterocycles. The van der Waals surface area contributed by atoms with Crippen LogP contribution in [0.1, 0.15) is 39.0 Å². The molecule has 0 radical (unpaired) electrons. The zero-order chi connectivity index (χ0) is 12.8. The van der Waals surface area contributed by atoms with Gasteiger partial charge < -0.3 is 15.2 Å². The first-order valence-corrected chi connectivity index (χ1v) is 7.52. The largest absolute Gasteiger partial charge is 0.394 e. The van der Waals surface area contributed by atoms with Gasteiger partial charge in [0.2, 0.25) is 0 Å². The second kappa shape index (κ2) is 7.43. The molecule has 2 N–H and O–H groups in total. The first kappa shape index (κ1) is 14.3. The standard InChI is InChI=1S/C14H28N2O2/c1-2-5-16(6-8-18-9-7-17)14-10-12-3-4-13(11-14)15-12/h12-15,17H,2-11H2,1H3. The highest BCUT2D eigenvalue weighted by Crippen LogP contribution is 2.29. The highest BCUT2D eigenvalue weighted by atomic mass is 16.5. The number of rotatable bonds is 8. The summed E-state index contributed by atoms with van der Waals surface area (Å²) in [4.78, 5) is 2.60. The summed E-state index contributed by atoms with van der Waals surface area (Å²) in [7, 11) is 0. The van der Waals surface area contributed by atoms with Crippen LogP contribution in [0.5, 0.6) is 0 Å². The molecule has 0 aliphatic carbocycles. The summed E-state index contributed by atoms with van der Waals surface area (Å²) in [6.45, 7) is 5.78. The number of hydrogen-bond acceptors (Lipinski definition) is 4. The van der Waals surface area contributed by atoms with E-state index in [2.05, 4.69) is 17.1 Å². The molecule has 4 heteroatoms. The Hall–Kier alpha value is -0.160. The lowest BCUT2D eigenvalue weighted by atomic mass is 9.98. The van der Waals surface area contributed by atoms with Crippen molar-refractivity contribution >= 4 is 0 Å². The van der Waals surface area contributed by atoms with Crippen LogP contribution >= 0.6 is 0 Å². The molecule has 0 saturated carbocycles. The van der Waals surface area contributed by atoms with Crippen LogP contribution in [-0.4, -0.2) is 61.0 Å². The molecular formula is C14H28N2O2. The Bertz CT molecular complexity index is 226. The van der Waals surface area contributed by atoms with E-state index >= 15 is 0 Å². The van der Waals surface area contributed by atoms with Crippen molar-refractivity contribution in [1.29, 1.82) is 0 Å². The fourth-order valence-electron chi connectivity index (χ4n) is 3.44. The number of ether oxygens (including phenoxy) is 1. The Morgan fingerprint density at radius 3 is 2.50 bits per heavy atom. The van der Waals surface area contributed by atoms with Crippen molar-refractivity contribution in [3.05, 3.63) is 0 Å². The Labute approximate surface area is 111 Å². The van der Waals surface area contributed by atoms with Gasteiger partial charge >= 0.3 is 0 Å². The number of aliphatic hydroxyl groups is 1. The van der Waals surface area contributed by atoms with Crippen molar-refractivity contribution in [2.45, 2.75) is 57.2 Å². The third kappa shape index (κ3) is 3.92. The van der Waals surface area contributed by atoms with Crippen molar-refractivity contribution in [1.82, 2.24) is 10.2 Å². The third-order valence-corrected chi connectivity index (χ3v) is 4.23. The van der Waals surface area contributed by atoms with Crippen LogP contribution in [-0.2, 0) is 4.74 Å². The van der Waals surface area contributed by atoms with Crippen molar-refractivity contribution in [2.75, 3.05) is 32.9 Å². The molecule has 2 rings (SSSR count). The van der Waals surface area contributed by atoms with Crippen molar-refractivity contribution in [2.24, 2.45) is 0 Å². The Balaban J connectivity index is 1.77. The van der Waals surface area contributed by atoms with Crippen LogP contribution in [0.15, 0.2) is 0 Å². The van der Waals surface area contributed by atoms with Gasteiger partial charge in [0.05, 0.1) is 19.8 Å². The van der Waals surface area contributed by atoms with Crippen LogP contribution in [0.25, 0.3) is 0 Å². The average Bonchev–Trinajstić information content (AvgIpc) is 2.72. The maximum Gasteiger partial charge on any atom is 0.0698 e. The average molecular weight is 256 g/mol. The van der Waals surface area contributed by atoms with Gasteiger partial charge in [-0.1, -0.05) is 6.92 Å². The molecule has 0 amide bonds. The van der Waals surface area contributed by atoms with E-state index in [1.54, 1.807) is 0 Å². The number of piperidine rings is 1. The lowest BCUT2D eigenvalue weighted by molar-refractivity contribution is 0.0540. The predicted molar refractivity (Wildman–Crippen MR) is 72.7 cm³/mol. The predicted octanol–water partition coefficient (Wildman–Crippen LogP) is 0.990. The molecule has 2 bridgehead atoms. The summed E-state index contributed by atoms with van der Waals surface area (Å²) in [5.74, 6) is 0. The molecule has 4 nitrogen and oxygen atoms in total. The summed E-state index contributed by atoms with van der Waals surface area (Å²) >= 11 is 0. The molecule has 2 unspecified atom stereocenters. The molecule has 0 aromatic heterocycles. The monoisotopic (exact) mass is 256 g/mol. The maximum atomic E-state index is 8.71. The van der Waals surface area contributed by atoms with Crippen LogP contribution in [0.4, 0.5) is 0 Å². The summed E-state index contributed by atoms with van der Waals surface area (Å²) in [6.07, 6.45) is 6.54. The molecule has 2 fully saturated rings. The second-order valence-corrected chi connectivity index (χ2v) is 5.64. The highest BCUT2D eigenvalue weighted by Gasteiger charge is 2.35. The molecule has 0 spiro atoms. The van der Waals surface area contributed by atoms with Gasteiger partial charge in [0, 0.05) is 24.7 Å². The smallest absolute Gasteiger partial charge is 0.0698 e. The Morgan fingerprint density at radius 2 is 1.89 bits per heavy atom. The van der Waals surface area contributed by atoms with E-state index in [0.717, 1.165) is 31.3 Å². The quantitative estimate of drug-likeness (QED) is 0.636. The SMILES string of the molecule is CCCN(CCOCCO)C1CC2CCC(C1)N2. The molecule has 2 atom stereocenters. The fraction of sp³-hybridized carbons (Fsp3) is 1.00. The molecule has 18 heavy (non-hydrogen) atoms. The van der Waals surface area contributed by atoms with Crippen LogP contribution < -0.4 is 5.32 Å². The van der Waals surface area contributed by atoms with Gasteiger partial charge in [-0.05, 0) is 38.6 Å². The molecular weight excluding hydrogens is 228 g/mol. The van der Waals surface area contributed by atoms with Crippen molar-refractivity contribution in [3.8, 4) is 0 Å². The van der Waals surface area contributed by atoms with E-state index in [4.69, 9.17) is 9.84 Å². The molecule has 0 aromatic rings. The molecule has 0 aromatic carbocycles. The third-order valence-electron chi connectivity index (χ3n) is 4.23. The number of nitrogens with one attached hydrogen (secondary N) is 1. The van der Waals surface area contributed by atoms with E-state index in [0.29, 0.717) is 6.61 Å². The van der Waals surface area contributed by atoms with E-state index < -0.39 is 0 Å². The van der Waals surface area contributed by atoms with Gasteiger partial charge in [-0.15, -0.1) is 0 Å². The fourth-order valence-corrected chi connectivity index (χ4v) is 3.44. The normalized spacial score (nSPS) is 31.2. The van der Waals surface area contributed by atoms with Gasteiger partial charge in [-0.2, -0.15) is 0 Å². The molecule has 2 aliphatic rings. The first-order chi connectivity index (χ1) is 8.83. The van der Waals surface area contributed by atoms with Crippen molar-refractivity contribution in [3.63, 3.8) is 0 Å². The second-order valence-electron chi connectivity index (χ2n) is 5.64. The number of fused-ring (bicyclic) bond motifs is 2. The molecule has 2 aliphatic heterocycles. The van der Waals surface area contributed by atoms with Gasteiger partial charge in [0.15, 0.2) is 0 Å². The lowest BCUT2D eigenvalue weighted by Crippen LogP contribution is -2.49. The highest BCUT2D eigenvalue weighted by molar-refractivity contribution is 4.95. The minimum Gasteiger partial charge on any atom is -0.394 e. The van der Waals surface area contributed by atoms with Gasteiger partial charge in [-0.25, -0.2) is 0 Å². The summed E-state index contributed by atoms with van der Waals surface area (Å²) in [5, 5.41) is 12.4. The minimum atomic E-state index is 0.130. The topological polar surface area (TPSA) is 44.7 Å². The van der Waals surface area contributed by atoms with Gasteiger partial charge in [-0.3, -0.25) is 4.90 Å². The minimum absolute atomic E-state index is 0.130. The number of hydrogen-bond donors (Lipinski definition) is 2.